The highest BCUT2D eigenvalue weighted by atomic mass is 35.5. The van der Waals surface area contributed by atoms with Crippen LogP contribution in [0, 0.1) is 5.82 Å². The lowest BCUT2D eigenvalue weighted by atomic mass is 9.96. The van der Waals surface area contributed by atoms with Gasteiger partial charge in [0.1, 0.15) is 5.82 Å². The molecule has 2 rings (SSSR count). The number of aliphatic carboxylic acids is 1. The number of hydrogen-bond donors (Lipinski definition) is 1. The van der Waals surface area contributed by atoms with Gasteiger partial charge in [0.15, 0.2) is 0 Å². The number of carbonyl (C=O) groups is 1. The Morgan fingerprint density at radius 2 is 2.35 bits per heavy atom. The van der Waals surface area contributed by atoms with Crippen LogP contribution in [0.5, 0.6) is 0 Å². The second-order valence-electron chi connectivity index (χ2n) is 3.97. The van der Waals surface area contributed by atoms with Crippen LogP contribution in [-0.2, 0) is 9.63 Å². The van der Waals surface area contributed by atoms with Crippen LogP contribution >= 0.6 is 11.6 Å². The van der Waals surface area contributed by atoms with Gasteiger partial charge in [-0.15, -0.1) is 0 Å². The van der Waals surface area contributed by atoms with E-state index in [1.807, 2.05) is 0 Å². The zero-order valence-electron chi connectivity index (χ0n) is 8.91. The molecule has 0 aromatic heterocycles. The molecule has 1 aromatic rings. The van der Waals surface area contributed by atoms with Crippen LogP contribution in [0.1, 0.15) is 18.9 Å². The maximum Gasteiger partial charge on any atom is 0.351 e. The molecule has 0 fully saturated rings. The van der Waals surface area contributed by atoms with Gasteiger partial charge in [0.2, 0.25) is 5.60 Å². The van der Waals surface area contributed by atoms with Crippen LogP contribution < -0.4 is 0 Å². The standard InChI is InChI=1S/C11H9ClFNO3/c1-11(10(15)16)5-9(14-17-11)7-3-2-6(12)4-8(7)13/h2-4H,5H2,1H3,(H,15,16). The SMILES string of the molecule is CC1(C(=O)O)CC(c2ccc(Cl)cc2F)=NO1. The van der Waals surface area contributed by atoms with E-state index in [0.717, 1.165) is 6.07 Å². The highest BCUT2D eigenvalue weighted by Crippen LogP contribution is 2.28. The van der Waals surface area contributed by atoms with E-state index in [-0.39, 0.29) is 22.7 Å². The fraction of sp³-hybridized carbons (Fsp3) is 0.273. The van der Waals surface area contributed by atoms with Gasteiger partial charge in [-0.1, -0.05) is 16.8 Å². The Labute approximate surface area is 102 Å². The number of rotatable bonds is 2. The van der Waals surface area contributed by atoms with Crippen molar-refractivity contribution in [3.05, 3.63) is 34.6 Å². The fourth-order valence-electron chi connectivity index (χ4n) is 1.52. The van der Waals surface area contributed by atoms with E-state index in [4.69, 9.17) is 21.5 Å². The molecule has 0 spiro atoms. The smallest absolute Gasteiger partial charge is 0.351 e. The summed E-state index contributed by atoms with van der Waals surface area (Å²) >= 11 is 5.62. The largest absolute Gasteiger partial charge is 0.478 e. The summed E-state index contributed by atoms with van der Waals surface area (Å²) in [6, 6.07) is 4.11. The first kappa shape index (κ1) is 11.9. The van der Waals surface area contributed by atoms with Crippen molar-refractivity contribution in [2.75, 3.05) is 0 Å². The number of halogens is 2. The Bertz CT molecular complexity index is 517. The average molecular weight is 258 g/mol. The average Bonchev–Trinajstić information content (AvgIpc) is 2.62. The molecule has 4 nitrogen and oxygen atoms in total. The van der Waals surface area contributed by atoms with E-state index in [2.05, 4.69) is 5.16 Å². The van der Waals surface area contributed by atoms with Crippen LogP contribution in [0.25, 0.3) is 0 Å². The summed E-state index contributed by atoms with van der Waals surface area (Å²) in [5.41, 5.74) is -0.954. The molecule has 1 aromatic carbocycles. The van der Waals surface area contributed by atoms with Crippen LogP contribution in [0.4, 0.5) is 4.39 Å². The second-order valence-corrected chi connectivity index (χ2v) is 4.40. The van der Waals surface area contributed by atoms with Crippen molar-refractivity contribution in [3.63, 3.8) is 0 Å². The molecule has 1 aliphatic heterocycles. The number of carboxylic acid groups (broad SMARTS) is 1. The van der Waals surface area contributed by atoms with Crippen molar-refractivity contribution in [2.24, 2.45) is 5.16 Å². The van der Waals surface area contributed by atoms with Crippen molar-refractivity contribution in [1.29, 1.82) is 0 Å². The van der Waals surface area contributed by atoms with Crippen LogP contribution in [0.15, 0.2) is 23.4 Å². The number of nitrogens with zero attached hydrogens (tertiary/aromatic N) is 1. The lowest BCUT2D eigenvalue weighted by Gasteiger charge is -2.14. The van der Waals surface area contributed by atoms with Gasteiger partial charge in [-0.2, -0.15) is 0 Å². The molecular formula is C11H9ClFNO3. The molecule has 0 amide bonds. The number of hydrogen-bond acceptors (Lipinski definition) is 3. The van der Waals surface area contributed by atoms with Gasteiger partial charge < -0.3 is 9.94 Å². The van der Waals surface area contributed by atoms with Crippen LogP contribution in [0.2, 0.25) is 5.02 Å². The Morgan fingerprint density at radius 1 is 1.65 bits per heavy atom. The molecule has 90 valence electrons. The molecule has 0 saturated carbocycles. The van der Waals surface area contributed by atoms with Gasteiger partial charge >= 0.3 is 5.97 Å². The van der Waals surface area contributed by atoms with E-state index in [1.165, 1.54) is 19.1 Å². The van der Waals surface area contributed by atoms with Crippen molar-refractivity contribution in [1.82, 2.24) is 0 Å². The number of oxime groups is 1. The molecule has 1 aliphatic rings. The monoisotopic (exact) mass is 257 g/mol. The third-order valence-electron chi connectivity index (χ3n) is 2.56. The first-order valence-corrected chi connectivity index (χ1v) is 5.24. The van der Waals surface area contributed by atoms with Gasteiger partial charge in [0, 0.05) is 17.0 Å². The maximum absolute atomic E-state index is 13.6. The molecule has 0 radical (unpaired) electrons. The zero-order valence-corrected chi connectivity index (χ0v) is 9.66. The molecule has 1 heterocycles. The zero-order chi connectivity index (χ0) is 12.6. The molecule has 17 heavy (non-hydrogen) atoms. The first-order valence-electron chi connectivity index (χ1n) is 4.86. The van der Waals surface area contributed by atoms with E-state index in [9.17, 15) is 9.18 Å². The van der Waals surface area contributed by atoms with E-state index < -0.39 is 17.4 Å². The van der Waals surface area contributed by atoms with Crippen LogP contribution in [-0.4, -0.2) is 22.4 Å². The minimum atomic E-state index is -1.43. The van der Waals surface area contributed by atoms with Crippen molar-refractivity contribution < 1.29 is 19.1 Å². The summed E-state index contributed by atoms with van der Waals surface area (Å²) < 4.78 is 13.6. The topological polar surface area (TPSA) is 58.9 Å². The summed E-state index contributed by atoms with van der Waals surface area (Å²) in [6.07, 6.45) is 0.0148. The number of benzene rings is 1. The predicted octanol–water partition coefficient (Wildman–Crippen LogP) is 2.45. The first-order chi connectivity index (χ1) is 7.92. The molecule has 0 saturated heterocycles. The normalized spacial score (nSPS) is 23.1. The molecule has 1 atom stereocenters. The minimum absolute atomic E-state index is 0.0148. The Kier molecular flexibility index (Phi) is 2.79. The van der Waals surface area contributed by atoms with Crippen molar-refractivity contribution in [2.45, 2.75) is 18.9 Å². The minimum Gasteiger partial charge on any atom is -0.478 e. The summed E-state index contributed by atoms with van der Waals surface area (Å²) in [5.74, 6) is -1.68. The quantitative estimate of drug-likeness (QED) is 0.885. The van der Waals surface area contributed by atoms with Gasteiger partial charge in [0.05, 0.1) is 5.71 Å². The molecular weight excluding hydrogens is 249 g/mol. The van der Waals surface area contributed by atoms with Gasteiger partial charge in [-0.25, -0.2) is 9.18 Å². The molecule has 0 bridgehead atoms. The van der Waals surface area contributed by atoms with Crippen molar-refractivity contribution >= 4 is 23.3 Å². The number of carboxylic acids is 1. The Balaban J connectivity index is 2.29. The molecule has 1 N–H and O–H groups in total. The Morgan fingerprint density at radius 3 is 2.88 bits per heavy atom. The summed E-state index contributed by atoms with van der Waals surface area (Å²) in [6.45, 7) is 1.39. The van der Waals surface area contributed by atoms with Gasteiger partial charge in [-0.05, 0) is 25.1 Å². The Hall–Kier alpha value is -1.62. The fourth-order valence-corrected chi connectivity index (χ4v) is 1.68. The summed E-state index contributed by atoms with van der Waals surface area (Å²) in [4.78, 5) is 15.8. The van der Waals surface area contributed by atoms with E-state index in [1.54, 1.807) is 0 Å². The van der Waals surface area contributed by atoms with Gasteiger partial charge in [0.25, 0.3) is 0 Å². The lowest BCUT2D eigenvalue weighted by Crippen LogP contribution is -2.35. The van der Waals surface area contributed by atoms with Crippen LogP contribution in [0.3, 0.4) is 0 Å². The summed E-state index contributed by atoms with van der Waals surface area (Å²) in [7, 11) is 0. The molecule has 0 aliphatic carbocycles. The van der Waals surface area contributed by atoms with E-state index >= 15 is 0 Å². The second kappa shape index (κ2) is 4.00. The third kappa shape index (κ3) is 2.10. The third-order valence-corrected chi connectivity index (χ3v) is 2.79. The van der Waals surface area contributed by atoms with Crippen molar-refractivity contribution in [3.8, 4) is 0 Å². The molecule has 6 heteroatoms. The maximum atomic E-state index is 13.6. The predicted molar refractivity (Wildman–Crippen MR) is 59.7 cm³/mol. The highest BCUT2D eigenvalue weighted by molar-refractivity contribution is 6.30. The molecule has 1 unspecified atom stereocenters. The summed E-state index contributed by atoms with van der Waals surface area (Å²) in [5, 5.41) is 12.8. The van der Waals surface area contributed by atoms with E-state index in [0.29, 0.717) is 0 Å². The van der Waals surface area contributed by atoms with Gasteiger partial charge in [-0.3, -0.25) is 0 Å². The highest BCUT2D eigenvalue weighted by Gasteiger charge is 2.42. The lowest BCUT2D eigenvalue weighted by molar-refractivity contribution is -0.160.